The first-order valence-electron chi connectivity index (χ1n) is 7.94. The van der Waals surface area contributed by atoms with Crippen molar-refractivity contribution in [3.63, 3.8) is 0 Å². The van der Waals surface area contributed by atoms with Crippen molar-refractivity contribution in [2.24, 2.45) is 5.92 Å². The molecule has 8 nitrogen and oxygen atoms in total. The van der Waals surface area contributed by atoms with Crippen LogP contribution < -0.4 is 5.32 Å². The number of nitrogens with zero attached hydrogens (tertiary/aromatic N) is 1. The van der Waals surface area contributed by atoms with Gasteiger partial charge in [0.1, 0.15) is 12.3 Å². The van der Waals surface area contributed by atoms with Crippen molar-refractivity contribution in [3.05, 3.63) is 34.3 Å². The summed E-state index contributed by atoms with van der Waals surface area (Å²) in [6.07, 6.45) is -0.527. The Morgan fingerprint density at radius 1 is 1.27 bits per heavy atom. The minimum atomic E-state index is -4.43. The van der Waals surface area contributed by atoms with E-state index in [1.54, 1.807) is 12.1 Å². The average molecular weight is 451 g/mol. The molecule has 1 aromatic carbocycles. The summed E-state index contributed by atoms with van der Waals surface area (Å²) < 4.78 is 16.9. The van der Waals surface area contributed by atoms with E-state index in [0.717, 1.165) is 14.9 Å². The summed E-state index contributed by atoms with van der Waals surface area (Å²) in [5.41, 5.74) is 0.800. The fourth-order valence-electron chi connectivity index (χ4n) is 2.30. The Morgan fingerprint density at radius 3 is 2.31 bits per heavy atom. The molecule has 1 rings (SSSR count). The highest BCUT2D eigenvalue weighted by atomic mass is 79.9. The number of carbonyl (C=O) groups is 2. The Labute approximate surface area is 161 Å². The highest BCUT2D eigenvalue weighted by Gasteiger charge is 2.28. The van der Waals surface area contributed by atoms with E-state index in [0.29, 0.717) is 0 Å². The molecule has 0 fully saturated rings. The lowest BCUT2D eigenvalue weighted by atomic mass is 10.1. The number of amides is 2. The van der Waals surface area contributed by atoms with Crippen LogP contribution in [-0.4, -0.2) is 52.7 Å². The molecule has 0 unspecified atom stereocenters. The van der Waals surface area contributed by atoms with Gasteiger partial charge in [-0.15, -0.1) is 0 Å². The van der Waals surface area contributed by atoms with Gasteiger partial charge in [-0.1, -0.05) is 41.9 Å². The summed E-state index contributed by atoms with van der Waals surface area (Å²) in [5, 5.41) is 2.52. The molecule has 0 heterocycles. The monoisotopic (exact) mass is 450 g/mol. The lowest BCUT2D eigenvalue weighted by molar-refractivity contribution is -0.142. The molecular weight excluding hydrogens is 427 g/mol. The van der Waals surface area contributed by atoms with Crippen molar-refractivity contribution < 1.29 is 28.7 Å². The Morgan fingerprint density at radius 2 is 1.85 bits per heavy atom. The van der Waals surface area contributed by atoms with Gasteiger partial charge < -0.3 is 24.7 Å². The van der Waals surface area contributed by atoms with Crippen LogP contribution in [0.2, 0.25) is 0 Å². The molecular formula is C16H24BrN2O6P. The van der Waals surface area contributed by atoms with E-state index in [4.69, 9.17) is 4.74 Å². The van der Waals surface area contributed by atoms with E-state index in [-0.39, 0.29) is 18.9 Å². The smallest absolute Gasteiger partial charge is 0.344 e. The molecule has 0 aromatic heterocycles. The van der Waals surface area contributed by atoms with Crippen LogP contribution in [0.3, 0.4) is 0 Å². The van der Waals surface area contributed by atoms with Crippen LogP contribution in [-0.2, 0) is 20.5 Å². The van der Waals surface area contributed by atoms with Crippen LogP contribution in [0, 0.1) is 5.92 Å². The summed E-state index contributed by atoms with van der Waals surface area (Å²) in [5.74, 6) is -0.641. The second-order valence-corrected chi connectivity index (χ2v) is 8.81. The highest BCUT2D eigenvalue weighted by molar-refractivity contribution is 9.10. The van der Waals surface area contributed by atoms with Gasteiger partial charge in [-0.25, -0.2) is 9.59 Å². The maximum atomic E-state index is 12.5. The van der Waals surface area contributed by atoms with E-state index in [1.165, 1.54) is 7.11 Å². The number of carbonyl (C=O) groups excluding carboxylic acids is 2. The van der Waals surface area contributed by atoms with Gasteiger partial charge in [0.05, 0.1) is 7.11 Å². The number of rotatable bonds is 8. The number of urea groups is 1. The van der Waals surface area contributed by atoms with Crippen LogP contribution >= 0.6 is 23.5 Å². The van der Waals surface area contributed by atoms with Crippen LogP contribution in [0.5, 0.6) is 0 Å². The van der Waals surface area contributed by atoms with Gasteiger partial charge in [0.25, 0.3) is 0 Å². The van der Waals surface area contributed by atoms with Crippen LogP contribution in [0.25, 0.3) is 0 Å². The normalized spacial score (nSPS) is 12.6. The summed E-state index contributed by atoms with van der Waals surface area (Å²) in [6.45, 7) is 3.78. The number of hydrogen-bond acceptors (Lipinski definition) is 4. The van der Waals surface area contributed by atoms with Crippen LogP contribution in [0.4, 0.5) is 4.79 Å². The molecule has 3 N–H and O–H groups in total. The molecule has 0 radical (unpaired) electrons. The van der Waals surface area contributed by atoms with E-state index >= 15 is 0 Å². The predicted octanol–water partition coefficient (Wildman–Crippen LogP) is 2.34. The fraction of sp³-hybridized carbons (Fsp3) is 0.500. The number of nitrogens with one attached hydrogen (secondary N) is 1. The summed E-state index contributed by atoms with van der Waals surface area (Å²) in [7, 11) is -3.22. The first kappa shape index (κ1) is 22.6. The maximum Gasteiger partial charge on any atom is 0.344 e. The second-order valence-electron chi connectivity index (χ2n) is 6.28. The quantitative estimate of drug-likeness (QED) is 0.413. The van der Waals surface area contributed by atoms with Crippen LogP contribution in [0.15, 0.2) is 28.7 Å². The number of benzene rings is 1. The number of ether oxygens (including phenoxy) is 1. The van der Waals surface area contributed by atoms with Crippen molar-refractivity contribution in [3.8, 4) is 0 Å². The van der Waals surface area contributed by atoms with E-state index in [2.05, 4.69) is 21.2 Å². The van der Waals surface area contributed by atoms with Gasteiger partial charge in [-0.05, 0) is 23.6 Å². The third kappa shape index (κ3) is 8.31. The molecule has 0 saturated heterocycles. The zero-order valence-electron chi connectivity index (χ0n) is 14.9. The molecule has 2 amide bonds. The van der Waals surface area contributed by atoms with E-state index in [1.807, 2.05) is 26.0 Å². The van der Waals surface area contributed by atoms with Crippen LogP contribution in [0.1, 0.15) is 19.4 Å². The summed E-state index contributed by atoms with van der Waals surface area (Å²) >= 11 is 3.32. The third-order valence-electron chi connectivity index (χ3n) is 3.36. The lowest BCUT2D eigenvalue weighted by Gasteiger charge is -2.27. The third-order valence-corrected chi connectivity index (χ3v) is 4.60. The average Bonchev–Trinajstić information content (AvgIpc) is 2.53. The van der Waals surface area contributed by atoms with Crippen molar-refractivity contribution in [2.75, 3.05) is 19.9 Å². The molecule has 1 atom stereocenters. The first-order chi connectivity index (χ1) is 12.0. The van der Waals surface area contributed by atoms with Crippen molar-refractivity contribution in [1.29, 1.82) is 0 Å². The zero-order valence-corrected chi connectivity index (χ0v) is 17.4. The van der Waals surface area contributed by atoms with E-state index in [9.17, 15) is 23.9 Å². The van der Waals surface area contributed by atoms with Gasteiger partial charge in [0.2, 0.25) is 0 Å². The van der Waals surface area contributed by atoms with Gasteiger partial charge in [0.15, 0.2) is 0 Å². The zero-order chi connectivity index (χ0) is 19.9. The Hall–Kier alpha value is -1.41. The summed E-state index contributed by atoms with van der Waals surface area (Å²) in [4.78, 5) is 43.9. The Kier molecular flexibility index (Phi) is 8.76. The molecule has 0 spiro atoms. The molecule has 146 valence electrons. The Bertz CT molecular complexity index is 661. The van der Waals surface area contributed by atoms with Gasteiger partial charge in [-0.2, -0.15) is 0 Å². The van der Waals surface area contributed by atoms with E-state index < -0.39 is 31.9 Å². The largest absolute Gasteiger partial charge is 0.467 e. The molecule has 0 aliphatic heterocycles. The molecule has 0 bridgehead atoms. The maximum absolute atomic E-state index is 12.5. The minimum Gasteiger partial charge on any atom is -0.467 e. The molecule has 1 aromatic rings. The molecule has 0 aliphatic rings. The van der Waals surface area contributed by atoms with Gasteiger partial charge in [0, 0.05) is 17.4 Å². The van der Waals surface area contributed by atoms with Crippen molar-refractivity contribution >= 4 is 35.5 Å². The number of esters is 1. The van der Waals surface area contributed by atoms with Crippen molar-refractivity contribution in [2.45, 2.75) is 26.3 Å². The summed E-state index contributed by atoms with van der Waals surface area (Å²) in [6, 6.07) is 5.52. The first-order valence-corrected chi connectivity index (χ1v) is 10.5. The van der Waals surface area contributed by atoms with Crippen molar-refractivity contribution in [1.82, 2.24) is 10.2 Å². The highest BCUT2D eigenvalue weighted by Crippen LogP contribution is 2.35. The number of methoxy groups -OCH3 is 1. The standard InChI is InChI=1S/C16H24BrN2O6P/c1-11(2)9-19(10-26(22,23)24)16(21)18-14(15(20)25-3)8-12-4-6-13(17)7-5-12/h4-7,11,14H,8-10H2,1-3H3,(H,18,21)(H2,22,23,24)/t14-/m0/s1. The SMILES string of the molecule is COC(=O)[C@H](Cc1ccc(Br)cc1)NC(=O)N(CC(C)C)CP(=O)(O)O. The van der Waals surface area contributed by atoms with Gasteiger partial charge >= 0.3 is 19.6 Å². The minimum absolute atomic E-state index is 0.00431. The van der Waals surface area contributed by atoms with Gasteiger partial charge in [-0.3, -0.25) is 4.57 Å². The lowest BCUT2D eigenvalue weighted by Crippen LogP contribution is -2.50. The fourth-order valence-corrected chi connectivity index (χ4v) is 3.25. The number of halogens is 1. The topological polar surface area (TPSA) is 116 Å². The predicted molar refractivity (Wildman–Crippen MR) is 101 cm³/mol. The molecule has 26 heavy (non-hydrogen) atoms. The Balaban J connectivity index is 2.92. The molecule has 0 saturated carbocycles. The second kappa shape index (κ2) is 10.1. The molecule has 0 aliphatic carbocycles. The number of hydrogen-bond donors (Lipinski definition) is 3. The molecule has 10 heteroatoms.